The Balaban J connectivity index is 1.19. The predicted octanol–water partition coefficient (Wildman–Crippen LogP) is 9.38. The minimum atomic E-state index is 0.830. The topological polar surface area (TPSA) is 29.9 Å². The van der Waals surface area contributed by atoms with Gasteiger partial charge in [-0.3, -0.25) is 0 Å². The maximum Gasteiger partial charge on any atom is 0.0709 e. The van der Waals surface area contributed by atoms with E-state index in [9.17, 15) is 0 Å². The summed E-state index contributed by atoms with van der Waals surface area (Å²) in [4.78, 5) is 5.00. The van der Waals surface area contributed by atoms with E-state index in [2.05, 4.69) is 150 Å². The normalized spacial score (nSPS) is 13.0. The number of dihydropyridines is 1. The molecule has 0 saturated carbocycles. The zero-order chi connectivity index (χ0) is 28.0. The summed E-state index contributed by atoms with van der Waals surface area (Å²) in [5, 5.41) is 8.24. The molecule has 3 heterocycles. The van der Waals surface area contributed by atoms with E-state index < -0.39 is 0 Å². The lowest BCUT2D eigenvalue weighted by atomic mass is 9.99. The molecule has 0 unspecified atom stereocenters. The van der Waals surface area contributed by atoms with Gasteiger partial charge >= 0.3 is 0 Å². The highest BCUT2D eigenvalue weighted by Gasteiger charge is 2.14. The molecular formula is C39H29N3. The number of aryl methyl sites for hydroxylation is 1. The van der Waals surface area contributed by atoms with Crippen LogP contribution >= 0.6 is 0 Å². The van der Waals surface area contributed by atoms with Crippen molar-refractivity contribution in [3.8, 4) is 33.5 Å². The lowest BCUT2D eigenvalue weighted by Gasteiger charge is -2.10. The van der Waals surface area contributed by atoms with Crippen molar-refractivity contribution >= 4 is 38.2 Å². The standard InChI is InChI=1S/C39H29N3/c1-42-38-25-30(28-12-10-27(11-13-28)26-6-3-2-4-7-26)14-18-34(38)35-19-15-31-24-32(16-17-33(31)39(35)42)37-9-5-8-36(41-37)29-20-22-40-23-21-29/h2-22,24-25,40H,23H2,1H3. The SMILES string of the molecule is Cn1c2cc(-c3ccc(-c4ccccc4)cc3)ccc2c2ccc3cc(-c4cccc(C5=CCNC=C5)n4)ccc3c21. The van der Waals surface area contributed by atoms with E-state index in [1.807, 2.05) is 6.20 Å². The number of hydrogen-bond acceptors (Lipinski definition) is 2. The maximum absolute atomic E-state index is 5.00. The van der Waals surface area contributed by atoms with E-state index in [4.69, 9.17) is 4.98 Å². The molecule has 0 fully saturated rings. The van der Waals surface area contributed by atoms with Crippen LogP contribution in [0.25, 0.3) is 71.7 Å². The number of nitrogens with zero attached hydrogens (tertiary/aromatic N) is 2. The molecule has 0 aliphatic carbocycles. The zero-order valence-electron chi connectivity index (χ0n) is 23.4. The number of aromatic nitrogens is 2. The summed E-state index contributed by atoms with van der Waals surface area (Å²) in [6.07, 6.45) is 6.24. The van der Waals surface area contributed by atoms with Crippen molar-refractivity contribution in [1.29, 1.82) is 0 Å². The van der Waals surface area contributed by atoms with Crippen LogP contribution in [0.2, 0.25) is 0 Å². The third kappa shape index (κ3) is 4.10. The van der Waals surface area contributed by atoms with Gasteiger partial charge in [0, 0.05) is 40.8 Å². The average Bonchev–Trinajstić information content (AvgIpc) is 3.36. The smallest absolute Gasteiger partial charge is 0.0709 e. The largest absolute Gasteiger partial charge is 0.387 e. The van der Waals surface area contributed by atoms with Crippen molar-refractivity contribution in [3.05, 3.63) is 145 Å². The van der Waals surface area contributed by atoms with Gasteiger partial charge in [-0.15, -0.1) is 0 Å². The zero-order valence-corrected chi connectivity index (χ0v) is 23.4. The Morgan fingerprint density at radius 1 is 0.595 bits per heavy atom. The van der Waals surface area contributed by atoms with Gasteiger partial charge in [-0.05, 0) is 69.8 Å². The number of fused-ring (bicyclic) bond motifs is 5. The van der Waals surface area contributed by atoms with Gasteiger partial charge in [0.15, 0.2) is 0 Å². The van der Waals surface area contributed by atoms with Gasteiger partial charge in [0.1, 0.15) is 0 Å². The van der Waals surface area contributed by atoms with Crippen LogP contribution in [-0.2, 0) is 7.05 Å². The second-order valence-corrected chi connectivity index (χ2v) is 10.9. The molecule has 0 bridgehead atoms. The Morgan fingerprint density at radius 2 is 1.29 bits per heavy atom. The molecule has 0 spiro atoms. The summed E-state index contributed by atoms with van der Waals surface area (Å²) in [6, 6.07) is 43.8. The van der Waals surface area contributed by atoms with Crippen molar-refractivity contribution in [2.24, 2.45) is 7.05 Å². The van der Waals surface area contributed by atoms with Gasteiger partial charge in [0.05, 0.1) is 16.9 Å². The molecule has 7 aromatic rings. The highest BCUT2D eigenvalue weighted by molar-refractivity contribution is 6.18. The maximum atomic E-state index is 5.00. The van der Waals surface area contributed by atoms with Crippen LogP contribution in [0.3, 0.4) is 0 Å². The van der Waals surface area contributed by atoms with Crippen LogP contribution in [0.15, 0.2) is 140 Å². The van der Waals surface area contributed by atoms with E-state index in [1.165, 1.54) is 54.8 Å². The molecule has 1 N–H and O–H groups in total. The molecule has 0 amide bonds. The Hall–Kier alpha value is -5.41. The molecule has 3 heteroatoms. The van der Waals surface area contributed by atoms with Gasteiger partial charge in [0.25, 0.3) is 0 Å². The van der Waals surface area contributed by atoms with E-state index in [0.717, 1.165) is 29.1 Å². The first-order chi connectivity index (χ1) is 20.7. The van der Waals surface area contributed by atoms with Crippen molar-refractivity contribution < 1.29 is 0 Å². The summed E-state index contributed by atoms with van der Waals surface area (Å²) >= 11 is 0. The van der Waals surface area contributed by atoms with Gasteiger partial charge in [-0.2, -0.15) is 0 Å². The summed E-state index contributed by atoms with van der Waals surface area (Å²) in [7, 11) is 2.19. The van der Waals surface area contributed by atoms with Crippen molar-refractivity contribution in [1.82, 2.24) is 14.9 Å². The number of benzene rings is 5. The molecule has 5 aromatic carbocycles. The van der Waals surface area contributed by atoms with Crippen molar-refractivity contribution in [2.75, 3.05) is 6.54 Å². The monoisotopic (exact) mass is 539 g/mol. The molecule has 8 rings (SSSR count). The minimum Gasteiger partial charge on any atom is -0.387 e. The molecule has 3 nitrogen and oxygen atoms in total. The van der Waals surface area contributed by atoms with E-state index >= 15 is 0 Å². The fourth-order valence-corrected chi connectivity index (χ4v) is 6.27. The highest BCUT2D eigenvalue weighted by atomic mass is 14.9. The first kappa shape index (κ1) is 24.4. The lowest BCUT2D eigenvalue weighted by molar-refractivity contribution is 0.974. The van der Waals surface area contributed by atoms with Gasteiger partial charge in [-0.1, -0.05) is 103 Å². The summed E-state index contributed by atoms with van der Waals surface area (Å²) in [6.45, 7) is 0.830. The summed E-state index contributed by atoms with van der Waals surface area (Å²) < 4.78 is 2.35. The molecule has 0 radical (unpaired) electrons. The Bertz CT molecular complexity index is 2180. The predicted molar refractivity (Wildman–Crippen MR) is 177 cm³/mol. The molecule has 0 atom stereocenters. The molecular weight excluding hydrogens is 510 g/mol. The van der Waals surface area contributed by atoms with Crippen LogP contribution in [0.5, 0.6) is 0 Å². The first-order valence-electron chi connectivity index (χ1n) is 14.4. The minimum absolute atomic E-state index is 0.830. The second kappa shape index (κ2) is 9.90. The van der Waals surface area contributed by atoms with Gasteiger partial charge in [0.2, 0.25) is 0 Å². The van der Waals surface area contributed by atoms with Crippen LogP contribution in [0, 0.1) is 0 Å². The Kier molecular flexibility index (Phi) is 5.75. The molecule has 200 valence electrons. The highest BCUT2D eigenvalue weighted by Crippen LogP contribution is 2.37. The average molecular weight is 540 g/mol. The quantitative estimate of drug-likeness (QED) is 0.241. The molecule has 42 heavy (non-hydrogen) atoms. The number of rotatable bonds is 4. The molecule has 0 saturated heterocycles. The van der Waals surface area contributed by atoms with Crippen LogP contribution in [0.4, 0.5) is 0 Å². The Labute approximate surface area is 245 Å². The van der Waals surface area contributed by atoms with E-state index in [-0.39, 0.29) is 0 Å². The van der Waals surface area contributed by atoms with Crippen LogP contribution in [0.1, 0.15) is 5.69 Å². The summed E-state index contributed by atoms with van der Waals surface area (Å²) in [5.41, 5.74) is 11.7. The van der Waals surface area contributed by atoms with Crippen LogP contribution < -0.4 is 5.32 Å². The molecule has 2 aromatic heterocycles. The number of pyridine rings is 1. The third-order valence-corrected chi connectivity index (χ3v) is 8.46. The second-order valence-electron chi connectivity index (χ2n) is 10.9. The Morgan fingerprint density at radius 3 is 2.10 bits per heavy atom. The number of nitrogens with one attached hydrogen (secondary N) is 1. The lowest BCUT2D eigenvalue weighted by Crippen LogP contribution is -2.08. The van der Waals surface area contributed by atoms with Crippen LogP contribution in [-0.4, -0.2) is 16.1 Å². The van der Waals surface area contributed by atoms with E-state index in [0.29, 0.717) is 0 Å². The first-order valence-corrected chi connectivity index (χ1v) is 14.4. The number of hydrogen-bond donors (Lipinski definition) is 1. The van der Waals surface area contributed by atoms with Gasteiger partial charge in [-0.25, -0.2) is 4.98 Å². The fraction of sp³-hybridized carbons (Fsp3) is 0.0513. The van der Waals surface area contributed by atoms with Crippen molar-refractivity contribution in [3.63, 3.8) is 0 Å². The third-order valence-electron chi connectivity index (χ3n) is 8.46. The molecule has 1 aliphatic rings. The van der Waals surface area contributed by atoms with E-state index in [1.54, 1.807) is 0 Å². The van der Waals surface area contributed by atoms with Gasteiger partial charge < -0.3 is 9.88 Å². The fourth-order valence-electron chi connectivity index (χ4n) is 6.27. The van der Waals surface area contributed by atoms with Crippen molar-refractivity contribution in [2.45, 2.75) is 0 Å². The molecule has 1 aliphatic heterocycles. The number of allylic oxidation sites excluding steroid dienone is 2. The summed E-state index contributed by atoms with van der Waals surface area (Å²) in [5.74, 6) is 0.